The van der Waals surface area contributed by atoms with Crippen LogP contribution in [0.25, 0.3) is 22.1 Å². The summed E-state index contributed by atoms with van der Waals surface area (Å²) in [7, 11) is 0. The molecule has 1 fully saturated rings. The highest BCUT2D eigenvalue weighted by Gasteiger charge is 2.39. The lowest BCUT2D eigenvalue weighted by Crippen LogP contribution is -2.36. The van der Waals surface area contributed by atoms with Gasteiger partial charge >= 0.3 is 6.18 Å². The molecule has 4 N–H and O–H groups in total. The second-order valence-corrected chi connectivity index (χ2v) is 7.82. The van der Waals surface area contributed by atoms with Crippen LogP contribution in [0.1, 0.15) is 16.2 Å². The van der Waals surface area contributed by atoms with Crippen LogP contribution in [0, 0.1) is 5.82 Å². The van der Waals surface area contributed by atoms with Crippen molar-refractivity contribution in [2.45, 2.75) is 6.18 Å². The van der Waals surface area contributed by atoms with E-state index in [9.17, 15) is 22.4 Å². The van der Waals surface area contributed by atoms with Crippen LogP contribution >= 0.6 is 0 Å². The van der Waals surface area contributed by atoms with Crippen molar-refractivity contribution in [3.63, 3.8) is 0 Å². The van der Waals surface area contributed by atoms with Crippen molar-refractivity contribution in [3.8, 4) is 11.1 Å². The molecule has 13 heteroatoms. The van der Waals surface area contributed by atoms with E-state index in [0.29, 0.717) is 32.0 Å². The number of morpholine rings is 1. The number of anilines is 3. The van der Waals surface area contributed by atoms with Crippen molar-refractivity contribution in [3.05, 3.63) is 53.6 Å². The minimum Gasteiger partial charge on any atom is -0.380 e. The monoisotopic (exact) mass is 490 g/mol. The number of carbonyl (C=O) groups is 1. The molecule has 35 heavy (non-hydrogen) atoms. The average Bonchev–Trinajstić information content (AvgIpc) is 3.45. The lowest BCUT2D eigenvalue weighted by Gasteiger charge is -2.29. The second-order valence-electron chi connectivity index (χ2n) is 7.82. The molecule has 1 aliphatic rings. The normalized spacial score (nSPS) is 14.5. The van der Waals surface area contributed by atoms with Gasteiger partial charge in [-0.15, -0.1) is 0 Å². The van der Waals surface area contributed by atoms with Gasteiger partial charge in [0.1, 0.15) is 11.5 Å². The van der Waals surface area contributed by atoms with Gasteiger partial charge in [-0.3, -0.25) is 9.89 Å². The third kappa shape index (κ3) is 4.25. The van der Waals surface area contributed by atoms with Gasteiger partial charge in [-0.2, -0.15) is 18.3 Å². The summed E-state index contributed by atoms with van der Waals surface area (Å²) in [5.41, 5.74) is 4.07. The van der Waals surface area contributed by atoms with Crippen molar-refractivity contribution in [1.29, 1.82) is 0 Å². The predicted molar refractivity (Wildman–Crippen MR) is 118 cm³/mol. The summed E-state index contributed by atoms with van der Waals surface area (Å²) >= 11 is 0. The van der Waals surface area contributed by atoms with Crippen LogP contribution in [0.2, 0.25) is 0 Å². The first-order valence-electron chi connectivity index (χ1n) is 10.5. The summed E-state index contributed by atoms with van der Waals surface area (Å²) in [4.78, 5) is 14.9. The smallest absolute Gasteiger partial charge is 0.380 e. The number of benzene rings is 2. The Balaban J connectivity index is 1.49. The third-order valence-electron chi connectivity index (χ3n) is 5.63. The highest BCUT2D eigenvalue weighted by molar-refractivity contribution is 6.08. The highest BCUT2D eigenvalue weighted by Crippen LogP contribution is 2.39. The molecule has 2 aromatic carbocycles. The quantitative estimate of drug-likeness (QED) is 0.369. The maximum Gasteiger partial charge on any atom is 0.433 e. The van der Waals surface area contributed by atoms with Gasteiger partial charge in [0.25, 0.3) is 5.91 Å². The molecule has 0 spiro atoms. The molecule has 1 aliphatic heterocycles. The molecule has 0 aliphatic carbocycles. The Morgan fingerprint density at radius 1 is 1.14 bits per heavy atom. The van der Waals surface area contributed by atoms with Gasteiger partial charge < -0.3 is 25.2 Å². The lowest BCUT2D eigenvalue weighted by molar-refractivity contribution is -0.140. The zero-order chi connectivity index (χ0) is 24.7. The fraction of sp³-hybridized carbons (Fsp3) is 0.227. The summed E-state index contributed by atoms with van der Waals surface area (Å²) in [5.74, 6) is -1.79. The molecular weight excluding hydrogens is 472 g/mol. The minimum absolute atomic E-state index is 0.00163. The van der Waals surface area contributed by atoms with Gasteiger partial charge in [-0.1, -0.05) is 11.2 Å². The molecule has 2 aromatic heterocycles. The number of alkyl halides is 3. The van der Waals surface area contributed by atoms with E-state index in [4.69, 9.17) is 15.0 Å². The zero-order valence-electron chi connectivity index (χ0n) is 17.9. The summed E-state index contributed by atoms with van der Waals surface area (Å²) in [6.07, 6.45) is -4.85. The average molecular weight is 490 g/mol. The number of aromatic amines is 1. The highest BCUT2D eigenvalue weighted by atomic mass is 19.4. The molecule has 0 radical (unpaired) electrons. The SMILES string of the molecule is Nc1noc2ccc(-c3c(C(=O)Nc4ccc(N5CCOCC5)cc4F)n[nH]c3C(F)(F)F)cc12. The largest absolute Gasteiger partial charge is 0.433 e. The topological polar surface area (TPSA) is 122 Å². The minimum atomic E-state index is -4.85. The van der Waals surface area contributed by atoms with E-state index in [1.807, 2.05) is 10.00 Å². The Labute approximate surface area is 194 Å². The number of fused-ring (bicyclic) bond motifs is 1. The molecule has 3 heterocycles. The van der Waals surface area contributed by atoms with Crippen molar-refractivity contribution < 1.29 is 31.6 Å². The number of halogens is 4. The lowest BCUT2D eigenvalue weighted by atomic mass is 10.0. The van der Waals surface area contributed by atoms with E-state index in [-0.39, 0.29) is 28.0 Å². The van der Waals surface area contributed by atoms with E-state index in [2.05, 4.69) is 15.6 Å². The first kappa shape index (κ1) is 22.7. The van der Waals surface area contributed by atoms with Crippen molar-refractivity contribution in [2.75, 3.05) is 42.3 Å². The number of ether oxygens (including phenoxy) is 1. The number of amides is 1. The Kier molecular flexibility index (Phi) is 5.55. The van der Waals surface area contributed by atoms with Gasteiger partial charge in [-0.25, -0.2) is 4.39 Å². The molecule has 5 rings (SSSR count). The fourth-order valence-electron chi connectivity index (χ4n) is 3.91. The number of carbonyl (C=O) groups excluding carboxylic acids is 1. The number of rotatable bonds is 4. The summed E-state index contributed by atoms with van der Waals surface area (Å²) < 4.78 is 66.2. The second kappa shape index (κ2) is 8.58. The van der Waals surface area contributed by atoms with Crippen LogP contribution in [0.3, 0.4) is 0 Å². The van der Waals surface area contributed by atoms with Crippen molar-refractivity contribution in [2.24, 2.45) is 0 Å². The number of nitrogens with one attached hydrogen (secondary N) is 2. The van der Waals surface area contributed by atoms with E-state index >= 15 is 0 Å². The number of nitrogen functional groups attached to an aromatic ring is 1. The van der Waals surface area contributed by atoms with Crippen LogP contribution in [0.5, 0.6) is 0 Å². The Morgan fingerprint density at radius 2 is 1.91 bits per heavy atom. The molecule has 0 saturated carbocycles. The molecule has 0 atom stereocenters. The Hall–Kier alpha value is -4.13. The molecule has 1 amide bonds. The third-order valence-corrected chi connectivity index (χ3v) is 5.63. The Morgan fingerprint density at radius 3 is 2.63 bits per heavy atom. The Bertz CT molecular complexity index is 1410. The maximum atomic E-state index is 14.8. The number of hydrogen-bond donors (Lipinski definition) is 3. The van der Waals surface area contributed by atoms with E-state index in [0.717, 1.165) is 0 Å². The molecule has 0 unspecified atom stereocenters. The summed E-state index contributed by atoms with van der Waals surface area (Å²) in [5, 5.41) is 11.6. The summed E-state index contributed by atoms with van der Waals surface area (Å²) in [6.45, 7) is 2.19. The first-order valence-corrected chi connectivity index (χ1v) is 10.5. The van der Waals surface area contributed by atoms with Crippen LogP contribution in [0.4, 0.5) is 34.8 Å². The van der Waals surface area contributed by atoms with Crippen LogP contribution < -0.4 is 16.0 Å². The number of hydrogen-bond acceptors (Lipinski definition) is 7. The van der Waals surface area contributed by atoms with Crippen molar-refractivity contribution in [1.82, 2.24) is 15.4 Å². The van der Waals surface area contributed by atoms with Crippen LogP contribution in [-0.2, 0) is 10.9 Å². The van der Waals surface area contributed by atoms with E-state index < -0.39 is 34.9 Å². The molecule has 9 nitrogen and oxygen atoms in total. The predicted octanol–water partition coefficient (Wildman–Crippen LogP) is 4.05. The van der Waals surface area contributed by atoms with Crippen LogP contribution in [-0.4, -0.2) is 47.6 Å². The maximum absolute atomic E-state index is 14.8. The van der Waals surface area contributed by atoms with Gasteiger partial charge in [0, 0.05) is 24.3 Å². The zero-order valence-corrected chi connectivity index (χ0v) is 17.9. The van der Waals surface area contributed by atoms with Gasteiger partial charge in [-0.05, 0) is 35.9 Å². The number of H-pyrrole nitrogens is 1. The van der Waals surface area contributed by atoms with E-state index in [1.165, 1.54) is 30.3 Å². The molecule has 182 valence electrons. The van der Waals surface area contributed by atoms with Gasteiger partial charge in [0.15, 0.2) is 17.1 Å². The van der Waals surface area contributed by atoms with Gasteiger partial charge in [0.05, 0.1) is 24.3 Å². The standard InChI is InChI=1S/C22H18F4N6O3/c23-14-10-12(32-5-7-34-8-6-32)2-3-15(14)28-21(33)18-17(19(30-29-18)22(24,25)26)11-1-4-16-13(9-11)20(27)31-35-16/h1-4,9-10H,5-8H2,(H2,27,31)(H,28,33)(H,29,30). The molecule has 0 bridgehead atoms. The van der Waals surface area contributed by atoms with Crippen molar-refractivity contribution >= 4 is 34.1 Å². The van der Waals surface area contributed by atoms with Crippen LogP contribution in [0.15, 0.2) is 40.9 Å². The fourth-order valence-corrected chi connectivity index (χ4v) is 3.91. The van der Waals surface area contributed by atoms with E-state index in [1.54, 1.807) is 6.07 Å². The summed E-state index contributed by atoms with van der Waals surface area (Å²) in [6, 6.07) is 8.22. The molecule has 1 saturated heterocycles. The number of aromatic nitrogens is 3. The first-order chi connectivity index (χ1) is 16.7. The number of nitrogens with two attached hydrogens (primary N) is 1. The van der Waals surface area contributed by atoms with Gasteiger partial charge in [0.2, 0.25) is 0 Å². The molecular formula is C22H18F4N6O3. The molecule has 4 aromatic rings. The number of nitrogens with zero attached hydrogens (tertiary/aromatic N) is 3.